The number of rotatable bonds is 9. The Morgan fingerprint density at radius 2 is 1.72 bits per heavy atom. The van der Waals surface area contributed by atoms with E-state index in [9.17, 15) is 4.79 Å². The van der Waals surface area contributed by atoms with E-state index < -0.39 is 0 Å². The van der Waals surface area contributed by atoms with Crippen molar-refractivity contribution in [2.75, 3.05) is 26.2 Å². The van der Waals surface area contributed by atoms with Crippen LogP contribution in [0.25, 0.3) is 0 Å². The Morgan fingerprint density at radius 3 is 2.31 bits per heavy atom. The van der Waals surface area contributed by atoms with E-state index in [1.165, 1.54) is 5.56 Å². The maximum atomic E-state index is 12.8. The molecule has 174 valence electrons. The molecule has 0 saturated carbocycles. The highest BCUT2D eigenvalue weighted by Crippen LogP contribution is 2.27. The first-order valence-electron chi connectivity index (χ1n) is 11.6. The molecule has 1 heterocycles. The summed E-state index contributed by atoms with van der Waals surface area (Å²) in [6, 6.07) is 13.8. The van der Waals surface area contributed by atoms with Gasteiger partial charge in [-0.25, -0.2) is 0 Å². The Hall–Kier alpha value is -1.59. The van der Waals surface area contributed by atoms with Crippen LogP contribution in [-0.2, 0) is 12.8 Å². The largest absolute Gasteiger partial charge is 0.348 e. The van der Waals surface area contributed by atoms with Crippen LogP contribution in [0.2, 0.25) is 10.0 Å². The van der Waals surface area contributed by atoms with E-state index in [1.807, 2.05) is 36.4 Å². The van der Waals surface area contributed by atoms with Crippen LogP contribution in [0.3, 0.4) is 0 Å². The first-order valence-corrected chi connectivity index (χ1v) is 12.4. The standard InChI is InChI=1S/C26H35Cl2N3O/c1-18(2)25(30-26(32)22-6-3-19(4-7-22)9-12-29)17-31-13-10-20(11-14-31)15-21-5-8-23(27)24(28)16-21/h3-8,16,18,20,25H,9-15,17,29H2,1-2H3,(H,30,32). The van der Waals surface area contributed by atoms with Gasteiger partial charge in [0.2, 0.25) is 0 Å². The zero-order valence-corrected chi connectivity index (χ0v) is 20.6. The van der Waals surface area contributed by atoms with E-state index in [2.05, 4.69) is 30.1 Å². The molecule has 0 aromatic heterocycles. The van der Waals surface area contributed by atoms with Crippen molar-refractivity contribution in [1.82, 2.24) is 10.2 Å². The van der Waals surface area contributed by atoms with Crippen molar-refractivity contribution >= 4 is 29.1 Å². The first kappa shape index (κ1) is 25.0. The highest BCUT2D eigenvalue weighted by molar-refractivity contribution is 6.42. The lowest BCUT2D eigenvalue weighted by Crippen LogP contribution is -2.48. The fourth-order valence-corrected chi connectivity index (χ4v) is 4.64. The Bertz CT molecular complexity index is 877. The summed E-state index contributed by atoms with van der Waals surface area (Å²) in [7, 11) is 0. The molecule has 1 amide bonds. The molecule has 4 nitrogen and oxygen atoms in total. The van der Waals surface area contributed by atoms with Crippen LogP contribution in [0.1, 0.15) is 48.2 Å². The topological polar surface area (TPSA) is 58.4 Å². The number of nitrogens with two attached hydrogens (primary N) is 1. The third kappa shape index (κ3) is 7.21. The Morgan fingerprint density at radius 1 is 1.06 bits per heavy atom. The van der Waals surface area contributed by atoms with Crippen LogP contribution in [-0.4, -0.2) is 43.0 Å². The van der Waals surface area contributed by atoms with E-state index in [4.69, 9.17) is 28.9 Å². The molecule has 1 unspecified atom stereocenters. The zero-order valence-electron chi connectivity index (χ0n) is 19.1. The maximum Gasteiger partial charge on any atom is 0.251 e. The Kier molecular flexibility index (Phi) is 9.42. The van der Waals surface area contributed by atoms with Gasteiger partial charge in [0, 0.05) is 18.2 Å². The van der Waals surface area contributed by atoms with Gasteiger partial charge in [0.05, 0.1) is 10.0 Å². The molecule has 1 atom stereocenters. The summed E-state index contributed by atoms with van der Waals surface area (Å²) in [6.07, 6.45) is 4.18. The minimum atomic E-state index is -0.00231. The SMILES string of the molecule is CC(C)C(CN1CCC(Cc2ccc(Cl)c(Cl)c2)CC1)NC(=O)c1ccc(CCN)cc1. The summed E-state index contributed by atoms with van der Waals surface area (Å²) in [5.74, 6) is 1.02. The summed E-state index contributed by atoms with van der Waals surface area (Å²) >= 11 is 12.2. The number of piperidine rings is 1. The molecule has 1 aliphatic heterocycles. The summed E-state index contributed by atoms with van der Waals surface area (Å²) in [6.45, 7) is 7.95. The van der Waals surface area contributed by atoms with Gasteiger partial charge in [-0.1, -0.05) is 55.2 Å². The number of hydrogen-bond donors (Lipinski definition) is 2. The van der Waals surface area contributed by atoms with Crippen molar-refractivity contribution in [1.29, 1.82) is 0 Å². The lowest BCUT2D eigenvalue weighted by molar-refractivity contribution is 0.0893. The average Bonchev–Trinajstić information content (AvgIpc) is 2.77. The van der Waals surface area contributed by atoms with E-state index in [1.54, 1.807) is 0 Å². The molecule has 1 aliphatic rings. The maximum absolute atomic E-state index is 12.8. The van der Waals surface area contributed by atoms with Crippen molar-refractivity contribution < 1.29 is 4.79 Å². The van der Waals surface area contributed by atoms with Gasteiger partial charge in [0.15, 0.2) is 0 Å². The lowest BCUT2D eigenvalue weighted by Gasteiger charge is -2.35. The molecule has 0 spiro atoms. The first-order chi connectivity index (χ1) is 15.4. The third-order valence-electron chi connectivity index (χ3n) is 6.44. The second-order valence-corrected chi connectivity index (χ2v) is 10.1. The minimum absolute atomic E-state index is 0.00231. The Labute approximate surface area is 202 Å². The van der Waals surface area contributed by atoms with Gasteiger partial charge in [0.1, 0.15) is 0 Å². The number of benzene rings is 2. The molecule has 0 radical (unpaired) electrons. The zero-order chi connectivity index (χ0) is 23.1. The molecule has 32 heavy (non-hydrogen) atoms. The molecule has 1 saturated heterocycles. The number of amides is 1. The van der Waals surface area contributed by atoms with Crippen molar-refractivity contribution in [3.8, 4) is 0 Å². The summed E-state index contributed by atoms with van der Waals surface area (Å²) in [4.78, 5) is 15.3. The molecular formula is C26H35Cl2N3O. The van der Waals surface area contributed by atoms with E-state index >= 15 is 0 Å². The van der Waals surface area contributed by atoms with Crippen LogP contribution in [0.4, 0.5) is 0 Å². The fraction of sp³-hybridized carbons (Fsp3) is 0.500. The molecule has 1 fully saturated rings. The number of halogens is 2. The van der Waals surface area contributed by atoms with Gasteiger partial charge < -0.3 is 16.0 Å². The van der Waals surface area contributed by atoms with Gasteiger partial charge in [0.25, 0.3) is 5.91 Å². The minimum Gasteiger partial charge on any atom is -0.348 e. The van der Waals surface area contributed by atoms with E-state index in [-0.39, 0.29) is 11.9 Å². The lowest BCUT2D eigenvalue weighted by atomic mass is 9.89. The van der Waals surface area contributed by atoms with Crippen LogP contribution < -0.4 is 11.1 Å². The second kappa shape index (κ2) is 12.0. The predicted molar refractivity (Wildman–Crippen MR) is 135 cm³/mol. The predicted octanol–water partition coefficient (Wildman–Crippen LogP) is 5.20. The van der Waals surface area contributed by atoms with Gasteiger partial charge in [-0.15, -0.1) is 0 Å². The number of carbonyl (C=O) groups excluding carboxylic acids is 1. The van der Waals surface area contributed by atoms with Gasteiger partial charge in [-0.05, 0) is 92.5 Å². The number of nitrogens with zero attached hydrogens (tertiary/aromatic N) is 1. The molecule has 2 aromatic carbocycles. The van der Waals surface area contributed by atoms with Crippen molar-refractivity contribution in [3.63, 3.8) is 0 Å². The summed E-state index contributed by atoms with van der Waals surface area (Å²) in [5.41, 5.74) is 8.73. The van der Waals surface area contributed by atoms with E-state index in [0.717, 1.165) is 50.9 Å². The normalized spacial score (nSPS) is 16.3. The number of hydrogen-bond acceptors (Lipinski definition) is 3. The van der Waals surface area contributed by atoms with Crippen molar-refractivity contribution in [2.24, 2.45) is 17.6 Å². The quantitative estimate of drug-likeness (QED) is 0.523. The van der Waals surface area contributed by atoms with Gasteiger partial charge in [-0.3, -0.25) is 4.79 Å². The number of carbonyl (C=O) groups is 1. The summed E-state index contributed by atoms with van der Waals surface area (Å²) < 4.78 is 0. The highest BCUT2D eigenvalue weighted by Gasteiger charge is 2.25. The average molecular weight is 476 g/mol. The molecule has 3 N–H and O–H groups in total. The number of nitrogens with one attached hydrogen (secondary N) is 1. The molecular weight excluding hydrogens is 441 g/mol. The third-order valence-corrected chi connectivity index (χ3v) is 7.18. The Balaban J connectivity index is 1.49. The smallest absolute Gasteiger partial charge is 0.251 e. The molecule has 6 heteroatoms. The number of likely N-dealkylation sites (tertiary alicyclic amines) is 1. The monoisotopic (exact) mass is 475 g/mol. The van der Waals surface area contributed by atoms with Crippen LogP contribution in [0.15, 0.2) is 42.5 Å². The molecule has 2 aromatic rings. The van der Waals surface area contributed by atoms with Crippen LogP contribution >= 0.6 is 23.2 Å². The molecule has 0 aliphatic carbocycles. The second-order valence-electron chi connectivity index (χ2n) is 9.26. The van der Waals surface area contributed by atoms with Crippen LogP contribution in [0, 0.1) is 11.8 Å². The van der Waals surface area contributed by atoms with Crippen molar-refractivity contribution in [2.45, 2.75) is 45.6 Å². The molecule has 3 rings (SSSR count). The van der Waals surface area contributed by atoms with Gasteiger partial charge in [-0.2, -0.15) is 0 Å². The fourth-order valence-electron chi connectivity index (χ4n) is 4.32. The van der Waals surface area contributed by atoms with E-state index in [0.29, 0.717) is 34.0 Å². The summed E-state index contributed by atoms with van der Waals surface area (Å²) in [5, 5.41) is 4.50. The van der Waals surface area contributed by atoms with Crippen molar-refractivity contribution in [3.05, 3.63) is 69.2 Å². The van der Waals surface area contributed by atoms with Gasteiger partial charge >= 0.3 is 0 Å². The molecule has 0 bridgehead atoms. The highest BCUT2D eigenvalue weighted by atomic mass is 35.5. The van der Waals surface area contributed by atoms with Crippen LogP contribution in [0.5, 0.6) is 0 Å².